The smallest absolute Gasteiger partial charge is 0.254 e. The van der Waals surface area contributed by atoms with Gasteiger partial charge in [0, 0.05) is 57.1 Å². The number of hydrogen-bond acceptors (Lipinski definition) is 4. The number of anilines is 1. The van der Waals surface area contributed by atoms with Crippen molar-refractivity contribution in [3.05, 3.63) is 90.5 Å². The first-order valence-corrected chi connectivity index (χ1v) is 14.0. The van der Waals surface area contributed by atoms with Crippen LogP contribution < -0.4 is 10.6 Å². The molecule has 0 aliphatic carbocycles. The van der Waals surface area contributed by atoms with Crippen molar-refractivity contribution in [2.24, 2.45) is 5.73 Å². The number of piperazine rings is 1. The van der Waals surface area contributed by atoms with Crippen LogP contribution in [0, 0.1) is 0 Å². The van der Waals surface area contributed by atoms with Crippen LogP contribution in [0.15, 0.2) is 84.9 Å². The third-order valence-electron chi connectivity index (χ3n) is 8.21. The molecule has 1 fully saturated rings. The van der Waals surface area contributed by atoms with E-state index in [2.05, 4.69) is 89.3 Å². The lowest BCUT2D eigenvalue weighted by Crippen LogP contribution is -2.58. The van der Waals surface area contributed by atoms with Gasteiger partial charge in [0.15, 0.2) is 0 Å². The quantitative estimate of drug-likeness (QED) is 0.312. The lowest BCUT2D eigenvalue weighted by atomic mass is 10.0. The standard InChI is InChI=1S/C33H40N4O/c1-3-4-14-29-23-37(33(38)32-16-9-13-26-11-7-8-15-31(26)32)20-19-36(29)24-30(22-34)35(2)28-18-17-25-10-5-6-12-27(25)21-28/h5-13,15-18,21,29-30H,3-4,14,19-20,22-24,34H2,1-2H3. The van der Waals surface area contributed by atoms with Gasteiger partial charge in [-0.15, -0.1) is 0 Å². The minimum Gasteiger partial charge on any atom is -0.369 e. The molecule has 2 unspecified atom stereocenters. The van der Waals surface area contributed by atoms with E-state index in [1.807, 2.05) is 24.3 Å². The number of carbonyl (C=O) groups is 1. The highest BCUT2D eigenvalue weighted by atomic mass is 16.2. The Hall–Kier alpha value is -3.41. The Morgan fingerprint density at radius 3 is 2.47 bits per heavy atom. The predicted molar refractivity (Wildman–Crippen MR) is 160 cm³/mol. The predicted octanol–water partition coefficient (Wildman–Crippen LogP) is 5.77. The summed E-state index contributed by atoms with van der Waals surface area (Å²) in [7, 11) is 2.16. The number of amides is 1. The van der Waals surface area contributed by atoms with Crippen LogP contribution in [0.2, 0.25) is 0 Å². The summed E-state index contributed by atoms with van der Waals surface area (Å²) in [6.45, 7) is 6.08. The Morgan fingerprint density at radius 1 is 0.947 bits per heavy atom. The second-order valence-electron chi connectivity index (χ2n) is 10.6. The van der Waals surface area contributed by atoms with Gasteiger partial charge >= 0.3 is 0 Å². The highest BCUT2D eigenvalue weighted by Gasteiger charge is 2.32. The number of hydrogen-bond donors (Lipinski definition) is 1. The van der Waals surface area contributed by atoms with Crippen molar-refractivity contribution < 1.29 is 4.79 Å². The molecular weight excluding hydrogens is 468 g/mol. The van der Waals surface area contributed by atoms with Crippen molar-refractivity contribution in [2.45, 2.75) is 38.3 Å². The Labute approximate surface area is 226 Å². The van der Waals surface area contributed by atoms with E-state index in [0.717, 1.165) is 61.8 Å². The summed E-state index contributed by atoms with van der Waals surface area (Å²) < 4.78 is 0. The maximum atomic E-state index is 13.7. The molecule has 1 amide bonds. The van der Waals surface area contributed by atoms with Crippen molar-refractivity contribution in [1.82, 2.24) is 9.80 Å². The normalized spacial score (nSPS) is 17.1. The Bertz CT molecular complexity index is 1380. The fourth-order valence-corrected chi connectivity index (χ4v) is 5.85. The topological polar surface area (TPSA) is 52.8 Å². The van der Waals surface area contributed by atoms with Crippen LogP contribution in [0.3, 0.4) is 0 Å². The maximum absolute atomic E-state index is 13.7. The van der Waals surface area contributed by atoms with Crippen LogP contribution in [0.1, 0.15) is 36.5 Å². The third kappa shape index (κ3) is 5.54. The first-order chi connectivity index (χ1) is 18.6. The lowest BCUT2D eigenvalue weighted by Gasteiger charge is -2.44. The van der Waals surface area contributed by atoms with Gasteiger partial charge in [-0.25, -0.2) is 0 Å². The van der Waals surface area contributed by atoms with E-state index >= 15 is 0 Å². The Morgan fingerprint density at radius 2 is 1.68 bits per heavy atom. The Balaban J connectivity index is 1.32. The van der Waals surface area contributed by atoms with Gasteiger partial charge in [-0.3, -0.25) is 9.69 Å². The van der Waals surface area contributed by atoms with Gasteiger partial charge < -0.3 is 15.5 Å². The van der Waals surface area contributed by atoms with Gasteiger partial charge in [0.1, 0.15) is 0 Å². The molecule has 0 aromatic heterocycles. The molecule has 2 N–H and O–H groups in total. The minimum atomic E-state index is 0.145. The van der Waals surface area contributed by atoms with E-state index < -0.39 is 0 Å². The number of unbranched alkanes of at least 4 members (excludes halogenated alkanes) is 1. The molecule has 1 aliphatic rings. The molecule has 0 spiro atoms. The zero-order valence-corrected chi connectivity index (χ0v) is 22.7. The fourth-order valence-electron chi connectivity index (χ4n) is 5.85. The van der Waals surface area contributed by atoms with Crippen LogP contribution >= 0.6 is 0 Å². The molecule has 38 heavy (non-hydrogen) atoms. The molecule has 0 saturated carbocycles. The summed E-state index contributed by atoms with van der Waals surface area (Å²) in [5.41, 5.74) is 8.35. The van der Waals surface area contributed by atoms with E-state index in [0.29, 0.717) is 12.6 Å². The summed E-state index contributed by atoms with van der Waals surface area (Å²) in [5.74, 6) is 0.145. The molecule has 1 saturated heterocycles. The van der Waals surface area contributed by atoms with Gasteiger partial charge in [-0.1, -0.05) is 86.5 Å². The number of nitrogens with zero attached hydrogens (tertiary/aromatic N) is 3. The van der Waals surface area contributed by atoms with E-state index in [4.69, 9.17) is 5.73 Å². The minimum absolute atomic E-state index is 0.145. The third-order valence-corrected chi connectivity index (χ3v) is 8.21. The van der Waals surface area contributed by atoms with E-state index in [1.54, 1.807) is 0 Å². The summed E-state index contributed by atoms with van der Waals surface area (Å²) in [6.07, 6.45) is 3.40. The molecule has 1 aliphatic heterocycles. The first kappa shape index (κ1) is 26.2. The second-order valence-corrected chi connectivity index (χ2v) is 10.6. The van der Waals surface area contributed by atoms with Crippen LogP contribution in [0.4, 0.5) is 5.69 Å². The maximum Gasteiger partial charge on any atom is 0.254 e. The number of benzene rings is 4. The van der Waals surface area contributed by atoms with Gasteiger partial charge in [0.05, 0.1) is 6.04 Å². The second kappa shape index (κ2) is 12.0. The number of carbonyl (C=O) groups excluding carboxylic acids is 1. The van der Waals surface area contributed by atoms with Gasteiger partial charge in [-0.2, -0.15) is 0 Å². The van der Waals surface area contributed by atoms with Crippen LogP contribution in [0.5, 0.6) is 0 Å². The van der Waals surface area contributed by atoms with Crippen molar-refractivity contribution in [3.8, 4) is 0 Å². The zero-order valence-electron chi connectivity index (χ0n) is 22.7. The van der Waals surface area contributed by atoms with Crippen molar-refractivity contribution in [3.63, 3.8) is 0 Å². The summed E-state index contributed by atoms with van der Waals surface area (Å²) in [6, 6.07) is 29.9. The first-order valence-electron chi connectivity index (χ1n) is 14.0. The Kier molecular flexibility index (Phi) is 8.26. The molecule has 0 bridgehead atoms. The van der Waals surface area contributed by atoms with Gasteiger partial charge in [0.25, 0.3) is 5.91 Å². The number of rotatable bonds is 9. The SMILES string of the molecule is CCCCC1CN(C(=O)c2cccc3ccccc23)CCN1CC(CN)N(C)c1ccc2ccccc2c1. The number of fused-ring (bicyclic) bond motifs is 2. The zero-order chi connectivity index (χ0) is 26.5. The van der Waals surface area contributed by atoms with Gasteiger partial charge in [-0.05, 0) is 46.2 Å². The molecule has 4 aromatic carbocycles. The van der Waals surface area contributed by atoms with Gasteiger partial charge in [0.2, 0.25) is 0 Å². The number of likely N-dealkylation sites (N-methyl/N-ethyl adjacent to an activating group) is 1. The monoisotopic (exact) mass is 508 g/mol. The van der Waals surface area contributed by atoms with Crippen LogP contribution in [-0.2, 0) is 0 Å². The molecule has 0 radical (unpaired) electrons. The molecule has 198 valence electrons. The molecule has 2 atom stereocenters. The van der Waals surface area contributed by atoms with Crippen molar-refractivity contribution >= 4 is 33.1 Å². The highest BCUT2D eigenvalue weighted by molar-refractivity contribution is 6.07. The molecule has 1 heterocycles. The molecule has 4 aromatic rings. The average molecular weight is 509 g/mol. The van der Waals surface area contributed by atoms with E-state index in [1.165, 1.54) is 16.5 Å². The van der Waals surface area contributed by atoms with E-state index in [-0.39, 0.29) is 11.9 Å². The van der Waals surface area contributed by atoms with E-state index in [9.17, 15) is 4.79 Å². The number of nitrogens with two attached hydrogens (primary N) is 1. The van der Waals surface area contributed by atoms with Crippen LogP contribution in [0.25, 0.3) is 21.5 Å². The molecule has 5 heteroatoms. The highest BCUT2D eigenvalue weighted by Crippen LogP contribution is 2.26. The molecular formula is C33H40N4O. The molecule has 5 nitrogen and oxygen atoms in total. The lowest BCUT2D eigenvalue weighted by molar-refractivity contribution is 0.0444. The molecule has 5 rings (SSSR count). The van der Waals surface area contributed by atoms with Crippen molar-refractivity contribution in [1.29, 1.82) is 0 Å². The summed E-state index contributed by atoms with van der Waals surface area (Å²) >= 11 is 0. The van der Waals surface area contributed by atoms with Crippen molar-refractivity contribution in [2.75, 3.05) is 44.7 Å². The van der Waals surface area contributed by atoms with Crippen LogP contribution in [-0.4, -0.2) is 67.6 Å². The average Bonchev–Trinajstić information content (AvgIpc) is 2.97. The summed E-state index contributed by atoms with van der Waals surface area (Å²) in [4.78, 5) is 20.7. The largest absolute Gasteiger partial charge is 0.369 e. The summed E-state index contributed by atoms with van der Waals surface area (Å²) in [5, 5.41) is 4.64. The fraction of sp³-hybridized carbons (Fsp3) is 0.364.